The summed E-state index contributed by atoms with van der Waals surface area (Å²) in [7, 11) is -4.13. The highest BCUT2D eigenvalue weighted by Gasteiger charge is 2.27. The lowest BCUT2D eigenvalue weighted by Crippen LogP contribution is -2.46. The Morgan fingerprint density at radius 2 is 2.04 bits per heavy atom. The lowest BCUT2D eigenvalue weighted by Gasteiger charge is -2.18. The van der Waals surface area contributed by atoms with Crippen molar-refractivity contribution in [2.75, 3.05) is 12.0 Å². The Hall–Kier alpha value is -1.42. The fourth-order valence-corrected chi connectivity index (χ4v) is 4.53. The highest BCUT2D eigenvalue weighted by molar-refractivity contribution is 7.98. The molecule has 1 amide bonds. The van der Waals surface area contributed by atoms with Crippen LogP contribution < -0.4 is 10.0 Å². The predicted molar refractivity (Wildman–Crippen MR) is 99.7 cm³/mol. The van der Waals surface area contributed by atoms with Crippen molar-refractivity contribution in [1.29, 1.82) is 0 Å². The van der Waals surface area contributed by atoms with Gasteiger partial charge in [-0.05, 0) is 42.0 Å². The first-order chi connectivity index (χ1) is 11.9. The number of thioether (sulfide) groups is 1. The molecule has 0 saturated heterocycles. The highest BCUT2D eigenvalue weighted by atomic mass is 32.2. The summed E-state index contributed by atoms with van der Waals surface area (Å²) in [6.45, 7) is 0.327. The van der Waals surface area contributed by atoms with Crippen molar-refractivity contribution in [1.82, 2.24) is 10.0 Å². The number of sulfonamides is 1. The third kappa shape index (κ3) is 5.81. The number of hydrogen-bond donors (Lipinski definition) is 2. The average Bonchev–Trinajstić information content (AvgIpc) is 3.10. The smallest absolute Gasteiger partial charge is 0.244 e. The van der Waals surface area contributed by atoms with Crippen LogP contribution in [0.4, 0.5) is 4.39 Å². The molecule has 2 rings (SSSR count). The SMILES string of the molecule is CSCC[C@@H](NS(=O)(=O)c1ccccc1F)C(=O)NCc1cccs1. The van der Waals surface area contributed by atoms with E-state index in [0.717, 1.165) is 10.9 Å². The zero-order chi connectivity index (χ0) is 18.3. The van der Waals surface area contributed by atoms with Gasteiger partial charge < -0.3 is 5.32 Å². The van der Waals surface area contributed by atoms with Crippen LogP contribution in [0.3, 0.4) is 0 Å². The Kier molecular flexibility index (Phi) is 7.42. The molecule has 0 unspecified atom stereocenters. The molecule has 1 heterocycles. The molecule has 0 spiro atoms. The van der Waals surface area contributed by atoms with Crippen LogP contribution in [-0.4, -0.2) is 32.4 Å². The molecular weight excluding hydrogens is 383 g/mol. The van der Waals surface area contributed by atoms with Crippen LogP contribution in [0, 0.1) is 5.82 Å². The maximum atomic E-state index is 13.8. The molecule has 1 atom stereocenters. The molecule has 5 nitrogen and oxygen atoms in total. The van der Waals surface area contributed by atoms with Crippen molar-refractivity contribution in [3.05, 3.63) is 52.5 Å². The fraction of sp³-hybridized carbons (Fsp3) is 0.312. The Bertz CT molecular complexity index is 795. The minimum Gasteiger partial charge on any atom is -0.350 e. The molecule has 0 bridgehead atoms. The Morgan fingerprint density at radius 1 is 1.28 bits per heavy atom. The van der Waals surface area contributed by atoms with Crippen molar-refractivity contribution in [3.8, 4) is 0 Å². The van der Waals surface area contributed by atoms with Gasteiger partial charge in [0.05, 0.1) is 6.54 Å². The van der Waals surface area contributed by atoms with Gasteiger partial charge in [-0.15, -0.1) is 11.3 Å². The summed E-state index contributed by atoms with van der Waals surface area (Å²) >= 11 is 3.00. The van der Waals surface area contributed by atoms with E-state index in [9.17, 15) is 17.6 Å². The number of thiophene rings is 1. The number of hydrogen-bond acceptors (Lipinski definition) is 5. The summed E-state index contributed by atoms with van der Waals surface area (Å²) in [5.74, 6) is -0.684. The third-order valence-electron chi connectivity index (χ3n) is 3.37. The van der Waals surface area contributed by atoms with Crippen LogP contribution in [0.25, 0.3) is 0 Å². The number of carbonyl (C=O) groups is 1. The summed E-state index contributed by atoms with van der Waals surface area (Å²) in [6.07, 6.45) is 2.18. The van der Waals surface area contributed by atoms with Gasteiger partial charge >= 0.3 is 0 Å². The molecule has 0 aliphatic rings. The lowest BCUT2D eigenvalue weighted by atomic mass is 10.2. The molecule has 2 aromatic rings. The van der Waals surface area contributed by atoms with E-state index in [0.29, 0.717) is 18.7 Å². The van der Waals surface area contributed by atoms with E-state index in [1.807, 2.05) is 23.8 Å². The molecule has 0 aliphatic carbocycles. The van der Waals surface area contributed by atoms with Gasteiger partial charge in [0.2, 0.25) is 15.9 Å². The van der Waals surface area contributed by atoms with E-state index >= 15 is 0 Å². The number of rotatable bonds is 9. The molecule has 2 N–H and O–H groups in total. The van der Waals surface area contributed by atoms with Crippen LogP contribution in [-0.2, 0) is 21.4 Å². The first-order valence-corrected chi connectivity index (χ1v) is 11.3. The summed E-state index contributed by atoms with van der Waals surface area (Å²) in [6, 6.07) is 7.88. The lowest BCUT2D eigenvalue weighted by molar-refractivity contribution is -0.122. The maximum absolute atomic E-state index is 13.8. The van der Waals surface area contributed by atoms with Crippen LogP contribution in [0.5, 0.6) is 0 Å². The second kappa shape index (κ2) is 9.33. The van der Waals surface area contributed by atoms with Gasteiger partial charge in [0.25, 0.3) is 0 Å². The van der Waals surface area contributed by atoms with Crippen molar-refractivity contribution in [2.24, 2.45) is 0 Å². The van der Waals surface area contributed by atoms with Crippen molar-refractivity contribution < 1.29 is 17.6 Å². The fourth-order valence-electron chi connectivity index (χ4n) is 2.10. The highest BCUT2D eigenvalue weighted by Crippen LogP contribution is 2.15. The quantitative estimate of drug-likeness (QED) is 0.676. The molecule has 9 heteroatoms. The molecule has 1 aromatic carbocycles. The van der Waals surface area contributed by atoms with Crippen molar-refractivity contribution in [3.63, 3.8) is 0 Å². The van der Waals surface area contributed by atoms with Gasteiger partial charge in [0.1, 0.15) is 16.8 Å². The molecule has 136 valence electrons. The van der Waals surface area contributed by atoms with Gasteiger partial charge in [-0.1, -0.05) is 18.2 Å². The molecule has 0 fully saturated rings. The minimum atomic E-state index is -4.13. The Balaban J connectivity index is 2.10. The van der Waals surface area contributed by atoms with Crippen LogP contribution in [0.15, 0.2) is 46.7 Å². The zero-order valence-corrected chi connectivity index (χ0v) is 16.0. The van der Waals surface area contributed by atoms with Gasteiger partial charge in [0.15, 0.2) is 0 Å². The second-order valence-electron chi connectivity index (χ2n) is 5.18. The molecule has 0 aliphatic heterocycles. The van der Waals surface area contributed by atoms with Crippen LogP contribution in [0.2, 0.25) is 0 Å². The van der Waals surface area contributed by atoms with E-state index in [4.69, 9.17) is 0 Å². The van der Waals surface area contributed by atoms with E-state index < -0.39 is 32.7 Å². The monoisotopic (exact) mass is 402 g/mol. The van der Waals surface area contributed by atoms with E-state index in [-0.39, 0.29) is 0 Å². The molecule has 0 saturated carbocycles. The largest absolute Gasteiger partial charge is 0.350 e. The van der Waals surface area contributed by atoms with Gasteiger partial charge in [0, 0.05) is 4.88 Å². The predicted octanol–water partition coefficient (Wildman–Crippen LogP) is 2.60. The third-order valence-corrected chi connectivity index (χ3v) is 6.39. The summed E-state index contributed by atoms with van der Waals surface area (Å²) in [4.78, 5) is 12.9. The Labute approximate surface area is 155 Å². The molecule has 0 radical (unpaired) electrons. The van der Waals surface area contributed by atoms with Crippen molar-refractivity contribution in [2.45, 2.75) is 23.9 Å². The van der Waals surface area contributed by atoms with E-state index in [2.05, 4.69) is 10.0 Å². The topological polar surface area (TPSA) is 75.3 Å². The normalized spacial score (nSPS) is 12.7. The maximum Gasteiger partial charge on any atom is 0.244 e. The van der Waals surface area contributed by atoms with Crippen molar-refractivity contribution >= 4 is 39.0 Å². The number of amides is 1. The van der Waals surface area contributed by atoms with Crippen LogP contribution in [0.1, 0.15) is 11.3 Å². The summed E-state index contributed by atoms with van der Waals surface area (Å²) in [5.41, 5.74) is 0. The summed E-state index contributed by atoms with van der Waals surface area (Å²) in [5, 5.41) is 4.62. The Morgan fingerprint density at radius 3 is 2.68 bits per heavy atom. The van der Waals surface area contributed by atoms with Gasteiger partial charge in [-0.2, -0.15) is 16.5 Å². The zero-order valence-electron chi connectivity index (χ0n) is 13.6. The number of benzene rings is 1. The van der Waals surface area contributed by atoms with Gasteiger partial charge in [-0.3, -0.25) is 4.79 Å². The van der Waals surface area contributed by atoms with E-state index in [1.54, 1.807) is 0 Å². The second-order valence-corrected chi connectivity index (χ2v) is 8.88. The van der Waals surface area contributed by atoms with Gasteiger partial charge in [-0.25, -0.2) is 12.8 Å². The first-order valence-electron chi connectivity index (χ1n) is 7.50. The number of carbonyl (C=O) groups excluding carboxylic acids is 1. The first kappa shape index (κ1) is 19.9. The standard InChI is InChI=1S/C16H19FN2O3S3/c1-23-10-8-14(16(20)18-11-12-5-4-9-24-12)19-25(21,22)15-7-3-2-6-13(15)17/h2-7,9,14,19H,8,10-11H2,1H3,(H,18,20)/t14-/m1/s1. The molecule has 25 heavy (non-hydrogen) atoms. The molecule has 1 aromatic heterocycles. The molecular formula is C16H19FN2O3S3. The van der Waals surface area contributed by atoms with Crippen LogP contribution >= 0.6 is 23.1 Å². The number of halogens is 1. The number of nitrogens with one attached hydrogen (secondary N) is 2. The minimum absolute atomic E-state index is 0.311. The summed E-state index contributed by atoms with van der Waals surface area (Å²) < 4.78 is 41.0. The average molecular weight is 403 g/mol. The van der Waals surface area contributed by atoms with E-state index in [1.165, 1.54) is 41.3 Å².